The molecule has 2 heterocycles. The molecule has 1 unspecified atom stereocenters. The number of ketones is 1. The van der Waals surface area contributed by atoms with E-state index < -0.39 is 28.4 Å². The molecule has 1 aliphatic heterocycles. The first-order chi connectivity index (χ1) is 22.7. The zero-order valence-corrected chi connectivity index (χ0v) is 27.1. The lowest BCUT2D eigenvalue weighted by atomic mass is 9.95. The van der Waals surface area contributed by atoms with Crippen molar-refractivity contribution in [1.29, 1.82) is 0 Å². The molecule has 0 spiro atoms. The summed E-state index contributed by atoms with van der Waals surface area (Å²) in [7, 11) is 0. The number of aryl methyl sites for hydroxylation is 1. The number of aromatic nitrogens is 2. The van der Waals surface area contributed by atoms with E-state index in [4.69, 9.17) is 16.3 Å². The van der Waals surface area contributed by atoms with Crippen LogP contribution in [0.1, 0.15) is 33.9 Å². The van der Waals surface area contributed by atoms with Gasteiger partial charge in [-0.05, 0) is 66.1 Å². The fourth-order valence-electron chi connectivity index (χ4n) is 5.07. The molecule has 4 aromatic carbocycles. The molecule has 1 atom stereocenters. The van der Waals surface area contributed by atoms with Crippen molar-refractivity contribution in [3.05, 3.63) is 146 Å². The van der Waals surface area contributed by atoms with Crippen molar-refractivity contribution >= 4 is 63.0 Å². The van der Waals surface area contributed by atoms with E-state index >= 15 is 0 Å². The van der Waals surface area contributed by atoms with Gasteiger partial charge < -0.3 is 9.84 Å². The standard InChI is InChI=1S/C34H25ClN4O6S2/c1-20-5-4-6-21(17-20)18-45-26-15-11-23(12-16-26)30(40)28-29(22-9-13-25(14-10-22)39(43)44)38(32(42)31(28)41)33-36-37-34(47-33)46-19-24-7-2-3-8-27(24)35/h2-17,29,40H,18-19H2,1H3/b30-28+. The van der Waals surface area contributed by atoms with Crippen molar-refractivity contribution < 1.29 is 24.4 Å². The second-order valence-corrected chi connectivity index (χ2v) is 13.1. The Balaban J connectivity index is 1.32. The van der Waals surface area contributed by atoms with Crippen LogP contribution in [0.5, 0.6) is 5.75 Å². The van der Waals surface area contributed by atoms with Gasteiger partial charge in [-0.2, -0.15) is 0 Å². The first-order valence-corrected chi connectivity index (χ1v) is 16.4. The maximum atomic E-state index is 13.6. The van der Waals surface area contributed by atoms with E-state index in [0.717, 1.165) is 28.0 Å². The van der Waals surface area contributed by atoms with Crippen LogP contribution in [0.15, 0.2) is 107 Å². The highest BCUT2D eigenvalue weighted by Gasteiger charge is 2.48. The van der Waals surface area contributed by atoms with Gasteiger partial charge in [-0.1, -0.05) is 82.7 Å². The molecule has 0 radical (unpaired) electrons. The van der Waals surface area contributed by atoms with E-state index in [1.807, 2.05) is 49.4 Å². The van der Waals surface area contributed by atoms with Crippen LogP contribution in [-0.4, -0.2) is 31.9 Å². The Hall–Kier alpha value is -5.04. The smallest absolute Gasteiger partial charge is 0.301 e. The Morgan fingerprint density at radius 1 is 1.02 bits per heavy atom. The van der Waals surface area contributed by atoms with Crippen LogP contribution in [0.25, 0.3) is 5.76 Å². The van der Waals surface area contributed by atoms with Crippen molar-refractivity contribution in [1.82, 2.24) is 10.2 Å². The molecule has 1 fully saturated rings. The quantitative estimate of drug-likeness (QED) is 0.0296. The summed E-state index contributed by atoms with van der Waals surface area (Å²) in [5.41, 5.74) is 3.32. The van der Waals surface area contributed by atoms with Crippen LogP contribution in [-0.2, 0) is 21.9 Å². The number of hydrogen-bond donors (Lipinski definition) is 1. The highest BCUT2D eigenvalue weighted by Crippen LogP contribution is 2.44. The van der Waals surface area contributed by atoms with Gasteiger partial charge in [-0.25, -0.2) is 0 Å². The van der Waals surface area contributed by atoms with Gasteiger partial charge in [0.05, 0.1) is 16.5 Å². The zero-order chi connectivity index (χ0) is 33.1. The minimum atomic E-state index is -1.12. The summed E-state index contributed by atoms with van der Waals surface area (Å²) in [5, 5.41) is 32.0. The number of hydrogen-bond acceptors (Lipinski definition) is 10. The topological polar surface area (TPSA) is 136 Å². The number of non-ortho nitro benzene ring substituents is 1. The SMILES string of the molecule is Cc1cccc(COc2ccc(/C(O)=C3\C(=O)C(=O)N(c4nnc(SCc5ccccc5Cl)s4)C3c3ccc([N+](=O)[O-])cc3)cc2)c1. The minimum Gasteiger partial charge on any atom is -0.507 e. The van der Waals surface area contributed by atoms with Crippen LogP contribution in [0, 0.1) is 17.0 Å². The van der Waals surface area contributed by atoms with E-state index in [9.17, 15) is 24.8 Å². The van der Waals surface area contributed by atoms with Crippen molar-refractivity contribution in [2.24, 2.45) is 0 Å². The highest BCUT2D eigenvalue weighted by molar-refractivity contribution is 8.00. The lowest BCUT2D eigenvalue weighted by molar-refractivity contribution is -0.384. The molecule has 0 aliphatic carbocycles. The minimum absolute atomic E-state index is 0.135. The molecule has 0 saturated carbocycles. The summed E-state index contributed by atoms with van der Waals surface area (Å²) < 4.78 is 6.43. The van der Waals surface area contributed by atoms with Crippen molar-refractivity contribution in [2.45, 2.75) is 29.7 Å². The van der Waals surface area contributed by atoms with Gasteiger partial charge in [-0.3, -0.25) is 24.6 Å². The molecule has 13 heteroatoms. The number of amides is 1. The average molecular weight is 685 g/mol. The zero-order valence-electron chi connectivity index (χ0n) is 24.7. The summed E-state index contributed by atoms with van der Waals surface area (Å²) in [6.07, 6.45) is 0. The van der Waals surface area contributed by atoms with Gasteiger partial charge in [0.15, 0.2) is 4.34 Å². The number of halogens is 1. The molecule has 1 N–H and O–H groups in total. The second-order valence-electron chi connectivity index (χ2n) is 10.6. The lowest BCUT2D eigenvalue weighted by Crippen LogP contribution is -2.29. The fraction of sp³-hybridized carbons (Fsp3) is 0.118. The maximum absolute atomic E-state index is 13.6. The van der Waals surface area contributed by atoms with Crippen molar-refractivity contribution in [3.63, 3.8) is 0 Å². The Morgan fingerprint density at radius 2 is 1.77 bits per heavy atom. The van der Waals surface area contributed by atoms with Gasteiger partial charge in [-0.15, -0.1) is 10.2 Å². The average Bonchev–Trinajstić information content (AvgIpc) is 3.65. The Kier molecular flexibility index (Phi) is 9.34. The van der Waals surface area contributed by atoms with Crippen molar-refractivity contribution in [3.8, 4) is 5.75 Å². The van der Waals surface area contributed by atoms with Gasteiger partial charge in [0, 0.05) is 28.5 Å². The van der Waals surface area contributed by atoms with Gasteiger partial charge in [0.2, 0.25) is 5.13 Å². The number of carbonyl (C=O) groups is 2. The number of nitrogens with zero attached hydrogens (tertiary/aromatic N) is 4. The number of rotatable bonds is 10. The largest absolute Gasteiger partial charge is 0.507 e. The normalized spacial score (nSPS) is 15.6. The number of nitro benzene ring substituents is 1. The molecular formula is C34H25ClN4O6S2. The van der Waals surface area contributed by atoms with E-state index in [2.05, 4.69) is 10.2 Å². The van der Waals surface area contributed by atoms with Crippen LogP contribution in [0.4, 0.5) is 10.8 Å². The molecule has 1 aromatic heterocycles. The number of aliphatic hydroxyl groups excluding tert-OH is 1. The Morgan fingerprint density at radius 3 is 2.47 bits per heavy atom. The summed E-state index contributed by atoms with van der Waals surface area (Å²) in [5.74, 6) is -1.19. The van der Waals surface area contributed by atoms with Crippen LogP contribution in [0.2, 0.25) is 5.02 Å². The third-order valence-corrected chi connectivity index (χ3v) is 9.86. The summed E-state index contributed by atoms with van der Waals surface area (Å²) in [6.45, 7) is 2.35. The Bertz CT molecular complexity index is 2010. The van der Waals surface area contributed by atoms with E-state index in [1.54, 1.807) is 30.3 Å². The van der Waals surface area contributed by atoms with E-state index in [0.29, 0.717) is 33.0 Å². The van der Waals surface area contributed by atoms with Crippen LogP contribution >= 0.6 is 34.7 Å². The number of ether oxygens (including phenoxy) is 1. The summed E-state index contributed by atoms with van der Waals surface area (Å²) in [6, 6.07) is 26.2. The number of anilines is 1. The molecule has 6 rings (SSSR count). The molecule has 10 nitrogen and oxygen atoms in total. The fourth-order valence-corrected chi connectivity index (χ4v) is 7.22. The third kappa shape index (κ3) is 6.89. The predicted octanol–water partition coefficient (Wildman–Crippen LogP) is 7.91. The molecule has 47 heavy (non-hydrogen) atoms. The Labute approximate surface area is 282 Å². The molecule has 0 bridgehead atoms. The number of thioether (sulfide) groups is 1. The van der Waals surface area contributed by atoms with E-state index in [1.165, 1.54) is 40.9 Å². The van der Waals surface area contributed by atoms with Gasteiger partial charge >= 0.3 is 5.91 Å². The first kappa shape index (κ1) is 31.9. The van der Waals surface area contributed by atoms with Crippen molar-refractivity contribution in [2.75, 3.05) is 4.90 Å². The summed E-state index contributed by atoms with van der Waals surface area (Å²) >= 11 is 8.76. The maximum Gasteiger partial charge on any atom is 0.301 e. The molecule has 236 valence electrons. The number of benzene rings is 4. The molecule has 1 saturated heterocycles. The van der Waals surface area contributed by atoms with Crippen LogP contribution in [0.3, 0.4) is 0 Å². The molecule has 5 aromatic rings. The monoisotopic (exact) mass is 684 g/mol. The lowest BCUT2D eigenvalue weighted by Gasteiger charge is -2.22. The molecular weight excluding hydrogens is 660 g/mol. The predicted molar refractivity (Wildman–Crippen MR) is 181 cm³/mol. The number of Topliss-reactive ketones (excluding diaryl/α,β-unsaturated/α-hetero) is 1. The first-order valence-electron chi connectivity index (χ1n) is 14.2. The van der Waals surface area contributed by atoms with Gasteiger partial charge in [0.1, 0.15) is 18.1 Å². The number of carbonyl (C=O) groups excluding carboxylic acids is 2. The van der Waals surface area contributed by atoms with E-state index in [-0.39, 0.29) is 22.0 Å². The molecule has 1 aliphatic rings. The molecule has 1 amide bonds. The number of aliphatic hydroxyl groups is 1. The highest BCUT2D eigenvalue weighted by atomic mass is 35.5. The second kappa shape index (κ2) is 13.8. The van der Waals surface area contributed by atoms with Crippen LogP contribution < -0.4 is 9.64 Å². The number of nitro groups is 1. The van der Waals surface area contributed by atoms with Gasteiger partial charge in [0.25, 0.3) is 11.5 Å². The third-order valence-electron chi connectivity index (χ3n) is 7.39. The summed E-state index contributed by atoms with van der Waals surface area (Å²) in [4.78, 5) is 39.1.